The van der Waals surface area contributed by atoms with Gasteiger partial charge in [-0.15, -0.1) is 0 Å². The van der Waals surface area contributed by atoms with E-state index in [4.69, 9.17) is 0 Å². The summed E-state index contributed by atoms with van der Waals surface area (Å²) in [6.45, 7) is 4.05. The molecule has 0 saturated carbocycles. The first-order valence-corrected chi connectivity index (χ1v) is 9.21. The summed E-state index contributed by atoms with van der Waals surface area (Å²) in [6.07, 6.45) is -1.35. The molecule has 2 nitrogen and oxygen atoms in total. The van der Waals surface area contributed by atoms with E-state index in [1.165, 1.54) is 12.1 Å². The fourth-order valence-corrected chi connectivity index (χ4v) is 3.54. The van der Waals surface area contributed by atoms with E-state index in [2.05, 4.69) is 0 Å². The van der Waals surface area contributed by atoms with E-state index in [0.717, 1.165) is 41.7 Å². The predicted molar refractivity (Wildman–Crippen MR) is 103 cm³/mol. The van der Waals surface area contributed by atoms with Gasteiger partial charge in [-0.25, -0.2) is 0 Å². The Labute approximate surface area is 156 Å². The molecule has 142 valence electrons. The molecular formula is C22H22F3NO. The molecule has 0 spiro atoms. The van der Waals surface area contributed by atoms with Crippen molar-refractivity contribution < 1.29 is 13.2 Å². The first-order chi connectivity index (χ1) is 12.9. The second kappa shape index (κ2) is 7.59. The van der Waals surface area contributed by atoms with Gasteiger partial charge in [-0.1, -0.05) is 38.8 Å². The number of nitrogens with zero attached hydrogens (tertiary/aromatic N) is 1. The van der Waals surface area contributed by atoms with Crippen molar-refractivity contribution in [2.75, 3.05) is 0 Å². The van der Waals surface area contributed by atoms with Crippen LogP contribution in [0.1, 0.15) is 43.5 Å². The van der Waals surface area contributed by atoms with Gasteiger partial charge in [0.1, 0.15) is 0 Å². The summed E-state index contributed by atoms with van der Waals surface area (Å²) in [7, 11) is 0. The Morgan fingerprint density at radius 3 is 2.11 bits per heavy atom. The van der Waals surface area contributed by atoms with Crippen LogP contribution >= 0.6 is 0 Å². The maximum absolute atomic E-state index is 13.0. The highest BCUT2D eigenvalue weighted by molar-refractivity contribution is 5.82. The van der Waals surface area contributed by atoms with Crippen molar-refractivity contribution in [3.05, 3.63) is 75.6 Å². The topological polar surface area (TPSA) is 22.0 Å². The van der Waals surface area contributed by atoms with Crippen LogP contribution in [0.3, 0.4) is 0 Å². The van der Waals surface area contributed by atoms with E-state index in [0.29, 0.717) is 23.9 Å². The highest BCUT2D eigenvalue weighted by Crippen LogP contribution is 2.31. The van der Waals surface area contributed by atoms with Gasteiger partial charge in [-0.3, -0.25) is 4.79 Å². The Balaban J connectivity index is 2.34. The van der Waals surface area contributed by atoms with Gasteiger partial charge in [0.15, 0.2) is 5.43 Å². The van der Waals surface area contributed by atoms with E-state index in [9.17, 15) is 18.0 Å². The molecule has 0 amide bonds. The Kier molecular flexibility index (Phi) is 5.40. The summed E-state index contributed by atoms with van der Waals surface area (Å²) >= 11 is 0. The van der Waals surface area contributed by atoms with Gasteiger partial charge in [0.05, 0.1) is 11.1 Å². The standard InChI is InChI=1S/C22H22F3NO/c1-3-7-17-19(8-4-2)26(20-10-6-5-9-18(20)21(17)27)16-13-11-15(12-14-16)22(23,24)25/h5-6,9-14H,3-4,7-8H2,1-2H3. The average Bonchev–Trinajstić information content (AvgIpc) is 2.65. The van der Waals surface area contributed by atoms with Crippen LogP contribution in [-0.2, 0) is 19.0 Å². The highest BCUT2D eigenvalue weighted by Gasteiger charge is 2.30. The molecule has 0 fully saturated rings. The Morgan fingerprint density at radius 2 is 1.52 bits per heavy atom. The molecule has 3 rings (SSSR count). The number of hydrogen-bond acceptors (Lipinski definition) is 1. The Bertz CT molecular complexity index is 1000. The summed E-state index contributed by atoms with van der Waals surface area (Å²) in [5.41, 5.74) is 2.37. The van der Waals surface area contributed by atoms with Gasteiger partial charge < -0.3 is 4.57 Å². The number of rotatable bonds is 5. The van der Waals surface area contributed by atoms with Crippen LogP contribution in [0.25, 0.3) is 16.6 Å². The maximum atomic E-state index is 13.0. The predicted octanol–water partition coefficient (Wildman–Crippen LogP) is 5.91. The second-order valence-electron chi connectivity index (χ2n) is 6.65. The van der Waals surface area contributed by atoms with Crippen LogP contribution in [0.2, 0.25) is 0 Å². The zero-order valence-electron chi connectivity index (χ0n) is 15.4. The van der Waals surface area contributed by atoms with E-state index in [1.807, 2.05) is 36.6 Å². The third kappa shape index (κ3) is 3.64. The first-order valence-electron chi connectivity index (χ1n) is 9.21. The molecule has 1 heterocycles. The first kappa shape index (κ1) is 19.2. The molecular weight excluding hydrogens is 351 g/mol. The van der Waals surface area contributed by atoms with Crippen molar-refractivity contribution in [1.29, 1.82) is 0 Å². The van der Waals surface area contributed by atoms with Crippen molar-refractivity contribution in [2.24, 2.45) is 0 Å². The number of alkyl halides is 3. The van der Waals surface area contributed by atoms with Crippen molar-refractivity contribution >= 4 is 10.9 Å². The minimum absolute atomic E-state index is 0.0269. The van der Waals surface area contributed by atoms with Crippen molar-refractivity contribution in [3.8, 4) is 5.69 Å². The van der Waals surface area contributed by atoms with E-state index in [1.54, 1.807) is 6.07 Å². The van der Waals surface area contributed by atoms with E-state index in [-0.39, 0.29) is 5.43 Å². The fraction of sp³-hybridized carbons (Fsp3) is 0.318. The van der Waals surface area contributed by atoms with Crippen LogP contribution in [0.15, 0.2) is 53.3 Å². The van der Waals surface area contributed by atoms with E-state index < -0.39 is 11.7 Å². The van der Waals surface area contributed by atoms with Gasteiger partial charge in [0.2, 0.25) is 0 Å². The molecule has 1 aromatic heterocycles. The zero-order valence-corrected chi connectivity index (χ0v) is 15.4. The molecule has 0 radical (unpaired) electrons. The van der Waals surface area contributed by atoms with Crippen LogP contribution in [-0.4, -0.2) is 4.57 Å². The number of para-hydroxylation sites is 1. The fourth-order valence-electron chi connectivity index (χ4n) is 3.54. The van der Waals surface area contributed by atoms with Gasteiger partial charge in [-0.2, -0.15) is 13.2 Å². The molecule has 0 atom stereocenters. The summed E-state index contributed by atoms with van der Waals surface area (Å²) in [6, 6.07) is 12.4. The summed E-state index contributed by atoms with van der Waals surface area (Å²) in [5, 5.41) is 0.598. The van der Waals surface area contributed by atoms with Crippen LogP contribution < -0.4 is 5.43 Å². The number of pyridine rings is 1. The third-order valence-electron chi connectivity index (χ3n) is 4.72. The molecule has 5 heteroatoms. The molecule has 27 heavy (non-hydrogen) atoms. The largest absolute Gasteiger partial charge is 0.416 e. The average molecular weight is 373 g/mol. The van der Waals surface area contributed by atoms with Crippen LogP contribution in [0, 0.1) is 0 Å². The molecule has 2 aromatic carbocycles. The van der Waals surface area contributed by atoms with Crippen molar-refractivity contribution in [1.82, 2.24) is 4.57 Å². The molecule has 0 aliphatic carbocycles. The lowest BCUT2D eigenvalue weighted by Gasteiger charge is -2.21. The quantitative estimate of drug-likeness (QED) is 0.544. The molecule has 3 aromatic rings. The van der Waals surface area contributed by atoms with Gasteiger partial charge in [0, 0.05) is 22.3 Å². The maximum Gasteiger partial charge on any atom is 0.416 e. The lowest BCUT2D eigenvalue weighted by molar-refractivity contribution is -0.137. The van der Waals surface area contributed by atoms with Crippen LogP contribution in [0.5, 0.6) is 0 Å². The lowest BCUT2D eigenvalue weighted by Crippen LogP contribution is -2.20. The monoisotopic (exact) mass is 373 g/mol. The molecule has 0 N–H and O–H groups in total. The number of hydrogen-bond donors (Lipinski definition) is 0. The van der Waals surface area contributed by atoms with Crippen molar-refractivity contribution in [3.63, 3.8) is 0 Å². The number of aromatic nitrogens is 1. The normalized spacial score (nSPS) is 11.9. The molecule has 0 aliphatic rings. The minimum Gasteiger partial charge on any atom is -0.313 e. The summed E-state index contributed by atoms with van der Waals surface area (Å²) in [5.74, 6) is 0. The SMILES string of the molecule is CCCc1c(CCC)n(-c2ccc(C(F)(F)F)cc2)c2ccccc2c1=O. The van der Waals surface area contributed by atoms with Crippen molar-refractivity contribution in [2.45, 2.75) is 45.7 Å². The second-order valence-corrected chi connectivity index (χ2v) is 6.65. The Morgan fingerprint density at radius 1 is 0.889 bits per heavy atom. The van der Waals surface area contributed by atoms with E-state index >= 15 is 0 Å². The molecule has 0 saturated heterocycles. The van der Waals surface area contributed by atoms with Crippen LogP contribution in [0.4, 0.5) is 13.2 Å². The summed E-state index contributed by atoms with van der Waals surface area (Å²) < 4.78 is 40.8. The zero-order chi connectivity index (χ0) is 19.6. The number of benzene rings is 2. The lowest BCUT2D eigenvalue weighted by atomic mass is 10.00. The smallest absolute Gasteiger partial charge is 0.313 e. The summed E-state index contributed by atoms with van der Waals surface area (Å²) in [4.78, 5) is 13.0. The Hall–Kier alpha value is -2.56. The minimum atomic E-state index is -4.37. The third-order valence-corrected chi connectivity index (χ3v) is 4.72. The molecule has 0 bridgehead atoms. The number of fused-ring (bicyclic) bond motifs is 1. The number of halogens is 3. The van der Waals surface area contributed by atoms with Gasteiger partial charge in [-0.05, 0) is 49.2 Å². The molecule has 0 unspecified atom stereocenters. The van der Waals surface area contributed by atoms with Gasteiger partial charge >= 0.3 is 6.18 Å². The van der Waals surface area contributed by atoms with Gasteiger partial charge in [0.25, 0.3) is 0 Å². The molecule has 0 aliphatic heterocycles. The highest BCUT2D eigenvalue weighted by atomic mass is 19.4.